The molecule has 80 valence electrons. The summed E-state index contributed by atoms with van der Waals surface area (Å²) in [6.07, 6.45) is 7.26. The van der Waals surface area contributed by atoms with E-state index < -0.39 is 0 Å². The van der Waals surface area contributed by atoms with Gasteiger partial charge in [-0.25, -0.2) is 0 Å². The van der Waals surface area contributed by atoms with Gasteiger partial charge in [0.1, 0.15) is 0 Å². The first kappa shape index (κ1) is 13.2. The third-order valence-corrected chi connectivity index (χ3v) is 2.48. The van der Waals surface area contributed by atoms with Gasteiger partial charge in [-0.05, 0) is 38.9 Å². The van der Waals surface area contributed by atoms with Crippen LogP contribution in [-0.4, -0.2) is 16.7 Å². The SMILES string of the molecule is C#CC(CC)(CC)NC(=S)NC(C)C. The molecule has 0 saturated heterocycles. The molecular formula is C11H20N2S. The van der Waals surface area contributed by atoms with Crippen LogP contribution < -0.4 is 10.6 Å². The zero-order valence-corrected chi connectivity index (χ0v) is 10.3. The number of hydrogen-bond donors (Lipinski definition) is 2. The van der Waals surface area contributed by atoms with E-state index in [1.54, 1.807) is 0 Å². The molecule has 0 unspecified atom stereocenters. The minimum Gasteiger partial charge on any atom is -0.361 e. The molecule has 0 heterocycles. The standard InChI is InChI=1S/C11H20N2S/c1-6-11(7-2,8-3)13-10(14)12-9(4)5/h1,9H,7-8H2,2-5H3,(H2,12,13,14). The van der Waals surface area contributed by atoms with Crippen LogP contribution in [0.25, 0.3) is 0 Å². The molecule has 3 heteroatoms. The van der Waals surface area contributed by atoms with Crippen LogP contribution in [0.2, 0.25) is 0 Å². The summed E-state index contributed by atoms with van der Waals surface area (Å²) in [5.74, 6) is 2.78. The predicted octanol–water partition coefficient (Wildman–Crippen LogP) is 2.05. The van der Waals surface area contributed by atoms with Gasteiger partial charge in [0.2, 0.25) is 0 Å². The molecule has 0 amide bonds. The Morgan fingerprint density at radius 2 is 1.93 bits per heavy atom. The van der Waals surface area contributed by atoms with Crippen LogP contribution in [-0.2, 0) is 0 Å². The normalized spacial score (nSPS) is 10.9. The van der Waals surface area contributed by atoms with E-state index in [9.17, 15) is 0 Å². The second-order valence-corrected chi connectivity index (χ2v) is 4.09. The molecule has 0 aromatic carbocycles. The van der Waals surface area contributed by atoms with Crippen molar-refractivity contribution in [1.82, 2.24) is 10.6 Å². The highest BCUT2D eigenvalue weighted by Gasteiger charge is 2.23. The van der Waals surface area contributed by atoms with E-state index >= 15 is 0 Å². The maximum Gasteiger partial charge on any atom is 0.167 e. The molecule has 0 atom stereocenters. The molecule has 0 aliphatic heterocycles. The fourth-order valence-electron chi connectivity index (χ4n) is 1.18. The first-order valence-electron chi connectivity index (χ1n) is 5.06. The smallest absolute Gasteiger partial charge is 0.167 e. The lowest BCUT2D eigenvalue weighted by Crippen LogP contribution is -2.51. The first-order valence-corrected chi connectivity index (χ1v) is 5.47. The fraction of sp³-hybridized carbons (Fsp3) is 0.727. The van der Waals surface area contributed by atoms with Gasteiger partial charge in [-0.3, -0.25) is 0 Å². The van der Waals surface area contributed by atoms with Gasteiger partial charge in [-0.1, -0.05) is 19.8 Å². The quantitative estimate of drug-likeness (QED) is 0.551. The lowest BCUT2D eigenvalue weighted by molar-refractivity contribution is 0.454. The Labute approximate surface area is 92.8 Å². The highest BCUT2D eigenvalue weighted by molar-refractivity contribution is 7.80. The molecular weight excluding hydrogens is 192 g/mol. The Balaban J connectivity index is 4.32. The largest absolute Gasteiger partial charge is 0.361 e. The third-order valence-electron chi connectivity index (χ3n) is 2.26. The summed E-state index contributed by atoms with van der Waals surface area (Å²) >= 11 is 5.16. The number of thiocarbonyl (C=S) groups is 1. The van der Waals surface area contributed by atoms with E-state index in [0.29, 0.717) is 11.2 Å². The highest BCUT2D eigenvalue weighted by atomic mass is 32.1. The summed E-state index contributed by atoms with van der Waals surface area (Å²) in [5, 5.41) is 6.96. The number of rotatable bonds is 4. The van der Waals surface area contributed by atoms with Crippen molar-refractivity contribution in [2.75, 3.05) is 0 Å². The monoisotopic (exact) mass is 212 g/mol. The number of hydrogen-bond acceptors (Lipinski definition) is 1. The zero-order valence-electron chi connectivity index (χ0n) is 9.48. The first-order chi connectivity index (χ1) is 6.49. The molecule has 0 fully saturated rings. The Morgan fingerprint density at radius 1 is 1.43 bits per heavy atom. The summed E-state index contributed by atoms with van der Waals surface area (Å²) in [5.41, 5.74) is -0.293. The van der Waals surface area contributed by atoms with Crippen LogP contribution in [0.5, 0.6) is 0 Å². The van der Waals surface area contributed by atoms with Crippen molar-refractivity contribution < 1.29 is 0 Å². The Kier molecular flexibility index (Phi) is 5.56. The van der Waals surface area contributed by atoms with Crippen molar-refractivity contribution in [3.05, 3.63) is 0 Å². The molecule has 0 radical (unpaired) electrons. The summed E-state index contributed by atoms with van der Waals surface area (Å²) in [6, 6.07) is 0.333. The molecule has 0 rings (SSSR count). The van der Waals surface area contributed by atoms with Crippen LogP contribution in [0.1, 0.15) is 40.5 Å². The molecule has 0 bridgehead atoms. The summed E-state index contributed by atoms with van der Waals surface area (Å²) < 4.78 is 0. The van der Waals surface area contributed by atoms with Crippen molar-refractivity contribution >= 4 is 17.3 Å². The molecule has 0 spiro atoms. The van der Waals surface area contributed by atoms with E-state index in [0.717, 1.165) is 12.8 Å². The molecule has 0 aliphatic rings. The topological polar surface area (TPSA) is 24.1 Å². The van der Waals surface area contributed by atoms with Gasteiger partial charge >= 0.3 is 0 Å². The predicted molar refractivity (Wildman–Crippen MR) is 66.2 cm³/mol. The maximum atomic E-state index is 5.51. The number of terminal acetylenes is 1. The second kappa shape index (κ2) is 5.87. The lowest BCUT2D eigenvalue weighted by atomic mass is 9.94. The third kappa shape index (κ3) is 3.97. The van der Waals surface area contributed by atoms with Crippen LogP contribution in [0.4, 0.5) is 0 Å². The molecule has 0 aliphatic carbocycles. The van der Waals surface area contributed by atoms with Gasteiger partial charge in [0, 0.05) is 6.04 Å². The molecule has 0 aromatic heterocycles. The minimum absolute atomic E-state index is 0.293. The minimum atomic E-state index is -0.293. The van der Waals surface area contributed by atoms with Gasteiger partial charge in [-0.15, -0.1) is 6.42 Å². The van der Waals surface area contributed by atoms with E-state index in [4.69, 9.17) is 18.6 Å². The van der Waals surface area contributed by atoms with Gasteiger partial charge in [-0.2, -0.15) is 0 Å². The van der Waals surface area contributed by atoms with Gasteiger partial charge in [0.15, 0.2) is 5.11 Å². The van der Waals surface area contributed by atoms with Crippen molar-refractivity contribution in [2.45, 2.75) is 52.1 Å². The number of nitrogens with one attached hydrogen (secondary N) is 2. The van der Waals surface area contributed by atoms with Crippen LogP contribution in [0, 0.1) is 12.3 Å². The second-order valence-electron chi connectivity index (χ2n) is 3.69. The fourth-order valence-corrected chi connectivity index (χ4v) is 1.61. The van der Waals surface area contributed by atoms with Crippen LogP contribution in [0.3, 0.4) is 0 Å². The summed E-state index contributed by atoms with van der Waals surface area (Å²) in [6.45, 7) is 8.22. The Bertz CT molecular complexity index is 224. The van der Waals surface area contributed by atoms with Crippen molar-refractivity contribution in [3.8, 4) is 12.3 Å². The highest BCUT2D eigenvalue weighted by Crippen LogP contribution is 2.13. The van der Waals surface area contributed by atoms with E-state index in [1.165, 1.54) is 0 Å². The molecule has 14 heavy (non-hydrogen) atoms. The van der Waals surface area contributed by atoms with Gasteiger partial charge < -0.3 is 10.6 Å². The van der Waals surface area contributed by atoms with E-state index in [-0.39, 0.29) is 5.54 Å². The molecule has 2 N–H and O–H groups in total. The summed E-state index contributed by atoms with van der Waals surface area (Å²) in [7, 11) is 0. The average molecular weight is 212 g/mol. The van der Waals surface area contributed by atoms with E-state index in [1.807, 2.05) is 13.8 Å². The van der Waals surface area contributed by atoms with E-state index in [2.05, 4.69) is 30.4 Å². The Morgan fingerprint density at radius 3 is 2.21 bits per heavy atom. The molecule has 0 saturated carbocycles. The van der Waals surface area contributed by atoms with Gasteiger partial charge in [0.05, 0.1) is 5.54 Å². The maximum absolute atomic E-state index is 5.51. The molecule has 2 nitrogen and oxygen atoms in total. The lowest BCUT2D eigenvalue weighted by Gasteiger charge is -2.29. The average Bonchev–Trinajstić information content (AvgIpc) is 2.13. The van der Waals surface area contributed by atoms with Crippen molar-refractivity contribution in [3.63, 3.8) is 0 Å². The van der Waals surface area contributed by atoms with Crippen LogP contribution in [0.15, 0.2) is 0 Å². The zero-order chi connectivity index (χ0) is 11.2. The van der Waals surface area contributed by atoms with Crippen molar-refractivity contribution in [2.24, 2.45) is 0 Å². The van der Waals surface area contributed by atoms with Crippen molar-refractivity contribution in [1.29, 1.82) is 0 Å². The van der Waals surface area contributed by atoms with Crippen LogP contribution >= 0.6 is 12.2 Å². The molecule has 0 aromatic rings. The Hall–Kier alpha value is -0.750. The summed E-state index contributed by atoms with van der Waals surface area (Å²) in [4.78, 5) is 0. The van der Waals surface area contributed by atoms with Gasteiger partial charge in [0.25, 0.3) is 0 Å².